The van der Waals surface area contributed by atoms with Crippen LogP contribution in [0.15, 0.2) is 6.20 Å². The van der Waals surface area contributed by atoms with E-state index in [1.807, 2.05) is 0 Å². The van der Waals surface area contributed by atoms with E-state index in [-0.39, 0.29) is 17.9 Å². The number of hydrogen-bond acceptors (Lipinski definition) is 4. The largest absolute Gasteiger partial charge is 0.364 e. The highest BCUT2D eigenvalue weighted by Crippen LogP contribution is 2.41. The van der Waals surface area contributed by atoms with Crippen LogP contribution < -0.4 is 11.1 Å². The molecular weight excluding hydrogens is 247 g/mol. The third kappa shape index (κ3) is 2.66. The Bertz CT molecular complexity index is 494. The second kappa shape index (κ2) is 4.14. The normalized spacial score (nSPS) is 19.5. The van der Waals surface area contributed by atoms with Crippen molar-refractivity contribution in [3.05, 3.63) is 11.9 Å². The van der Waals surface area contributed by atoms with Gasteiger partial charge in [0.05, 0.1) is 6.16 Å². The van der Waals surface area contributed by atoms with Gasteiger partial charge in [-0.15, -0.1) is 0 Å². The SMILES string of the molecule is NC(=O)c1cn2c(n1)NCC[C@H]2CP(=O)(O)O. The van der Waals surface area contributed by atoms with E-state index in [0.717, 1.165) is 0 Å². The van der Waals surface area contributed by atoms with Gasteiger partial charge in [0.15, 0.2) is 0 Å². The van der Waals surface area contributed by atoms with Crippen molar-refractivity contribution in [3.63, 3.8) is 0 Å². The van der Waals surface area contributed by atoms with Gasteiger partial charge >= 0.3 is 7.60 Å². The first kappa shape index (κ1) is 12.1. The second-order valence-corrected chi connectivity index (χ2v) is 5.63. The molecule has 8 nitrogen and oxygen atoms in total. The quantitative estimate of drug-likeness (QED) is 0.543. The van der Waals surface area contributed by atoms with E-state index in [4.69, 9.17) is 15.5 Å². The lowest BCUT2D eigenvalue weighted by atomic mass is 10.2. The molecule has 1 aromatic heterocycles. The molecular formula is C8H13N4O4P. The summed E-state index contributed by atoms with van der Waals surface area (Å²) in [6.45, 7) is 0.555. The van der Waals surface area contributed by atoms with Gasteiger partial charge in [-0.1, -0.05) is 0 Å². The standard InChI is InChI=1S/C8H13N4O4P/c9-7(13)6-3-12-5(4-17(14,15)16)1-2-10-8(12)11-6/h3,5H,1-2,4H2,(H2,9,13)(H,10,11)(H2,14,15,16)/t5-/m0/s1. The first-order valence-corrected chi connectivity index (χ1v) is 6.84. The van der Waals surface area contributed by atoms with Crippen molar-refractivity contribution in [2.75, 3.05) is 18.0 Å². The van der Waals surface area contributed by atoms with E-state index >= 15 is 0 Å². The van der Waals surface area contributed by atoms with Gasteiger partial charge in [-0.25, -0.2) is 4.98 Å². The van der Waals surface area contributed by atoms with Crippen molar-refractivity contribution in [2.24, 2.45) is 5.73 Å². The molecule has 0 spiro atoms. The molecule has 5 N–H and O–H groups in total. The third-order valence-corrected chi connectivity index (χ3v) is 3.48. The van der Waals surface area contributed by atoms with E-state index in [1.54, 1.807) is 4.57 Å². The summed E-state index contributed by atoms with van der Waals surface area (Å²) in [5, 5.41) is 2.94. The number of primary amides is 1. The maximum Gasteiger partial charge on any atom is 0.327 e. The lowest BCUT2D eigenvalue weighted by Crippen LogP contribution is -2.24. The summed E-state index contributed by atoms with van der Waals surface area (Å²) in [5.41, 5.74) is 5.19. The van der Waals surface area contributed by atoms with Crippen LogP contribution in [0.3, 0.4) is 0 Å². The Hall–Kier alpha value is -1.37. The molecule has 0 fully saturated rings. The van der Waals surface area contributed by atoms with Crippen LogP contribution in [0, 0.1) is 0 Å². The molecule has 0 unspecified atom stereocenters. The predicted molar refractivity (Wildman–Crippen MR) is 59.8 cm³/mol. The van der Waals surface area contributed by atoms with Crippen LogP contribution in [-0.2, 0) is 4.57 Å². The molecule has 0 saturated carbocycles. The Kier molecular flexibility index (Phi) is 2.94. The van der Waals surface area contributed by atoms with Gasteiger partial charge in [0.2, 0.25) is 5.95 Å². The molecule has 0 aromatic carbocycles. The third-order valence-electron chi connectivity index (χ3n) is 2.59. The number of nitrogens with zero attached hydrogens (tertiary/aromatic N) is 2. The zero-order valence-electron chi connectivity index (χ0n) is 8.91. The summed E-state index contributed by atoms with van der Waals surface area (Å²) in [6, 6.07) is -0.368. The highest BCUT2D eigenvalue weighted by atomic mass is 31.2. The average molecular weight is 260 g/mol. The van der Waals surface area contributed by atoms with Gasteiger partial charge in [0.1, 0.15) is 5.69 Å². The summed E-state index contributed by atoms with van der Waals surface area (Å²) < 4.78 is 12.6. The maximum atomic E-state index is 11.0. The minimum absolute atomic E-state index is 0.0881. The van der Waals surface area contributed by atoms with Crippen LogP contribution >= 0.6 is 7.60 Å². The maximum absolute atomic E-state index is 11.0. The molecule has 0 aliphatic carbocycles. The van der Waals surface area contributed by atoms with E-state index < -0.39 is 13.5 Å². The number of carbonyl (C=O) groups excluding carboxylic acids is 1. The fourth-order valence-corrected chi connectivity index (χ4v) is 2.77. The molecule has 1 atom stereocenters. The zero-order chi connectivity index (χ0) is 12.6. The van der Waals surface area contributed by atoms with Gasteiger partial charge in [-0.2, -0.15) is 0 Å². The molecule has 0 bridgehead atoms. The zero-order valence-corrected chi connectivity index (χ0v) is 9.80. The van der Waals surface area contributed by atoms with Gasteiger partial charge in [-0.3, -0.25) is 9.36 Å². The lowest BCUT2D eigenvalue weighted by Gasteiger charge is -2.25. The molecule has 2 rings (SSSR count). The van der Waals surface area contributed by atoms with Crippen molar-refractivity contribution in [3.8, 4) is 0 Å². The average Bonchev–Trinajstić information content (AvgIpc) is 2.60. The summed E-state index contributed by atoms with van der Waals surface area (Å²) >= 11 is 0. The van der Waals surface area contributed by atoms with E-state index in [9.17, 15) is 9.36 Å². The highest BCUT2D eigenvalue weighted by Gasteiger charge is 2.28. The molecule has 1 amide bonds. The van der Waals surface area contributed by atoms with Crippen LogP contribution in [0.1, 0.15) is 23.0 Å². The summed E-state index contributed by atoms with van der Waals surface area (Å²) in [6.07, 6.45) is 1.72. The molecule has 1 aliphatic heterocycles. The Balaban J connectivity index is 2.31. The monoisotopic (exact) mass is 260 g/mol. The number of imidazole rings is 1. The van der Waals surface area contributed by atoms with Crippen LogP contribution in [0.5, 0.6) is 0 Å². The predicted octanol–water partition coefficient (Wildman–Crippen LogP) is -0.484. The first-order valence-electron chi connectivity index (χ1n) is 5.04. The smallest absolute Gasteiger partial charge is 0.327 e. The molecule has 94 valence electrons. The Labute approximate surface area is 97.0 Å². The van der Waals surface area contributed by atoms with Gasteiger partial charge in [0, 0.05) is 18.8 Å². The molecule has 0 radical (unpaired) electrons. The minimum atomic E-state index is -4.10. The number of nitrogens with two attached hydrogens (primary N) is 1. The van der Waals surface area contributed by atoms with Crippen molar-refractivity contribution in [2.45, 2.75) is 12.5 Å². The van der Waals surface area contributed by atoms with Crippen molar-refractivity contribution in [1.29, 1.82) is 0 Å². The van der Waals surface area contributed by atoms with Crippen LogP contribution in [0.4, 0.5) is 5.95 Å². The van der Waals surface area contributed by atoms with Crippen molar-refractivity contribution in [1.82, 2.24) is 9.55 Å². The van der Waals surface area contributed by atoms with E-state index in [0.29, 0.717) is 18.9 Å². The molecule has 2 heterocycles. The Morgan fingerprint density at radius 1 is 1.71 bits per heavy atom. The Morgan fingerprint density at radius 2 is 2.41 bits per heavy atom. The number of anilines is 1. The van der Waals surface area contributed by atoms with Gasteiger partial charge < -0.3 is 25.4 Å². The van der Waals surface area contributed by atoms with Crippen LogP contribution in [-0.4, -0.2) is 38.0 Å². The summed E-state index contributed by atoms with van der Waals surface area (Å²) in [4.78, 5) is 32.9. The Morgan fingerprint density at radius 3 is 3.00 bits per heavy atom. The second-order valence-electron chi connectivity index (χ2n) is 3.94. The first-order chi connectivity index (χ1) is 7.87. The number of amides is 1. The van der Waals surface area contributed by atoms with Crippen LogP contribution in [0.25, 0.3) is 0 Å². The fourth-order valence-electron chi connectivity index (χ4n) is 1.86. The topological polar surface area (TPSA) is 130 Å². The van der Waals surface area contributed by atoms with Crippen LogP contribution in [0.2, 0.25) is 0 Å². The number of aromatic nitrogens is 2. The molecule has 17 heavy (non-hydrogen) atoms. The minimum Gasteiger partial charge on any atom is -0.364 e. The van der Waals surface area contributed by atoms with E-state index in [1.165, 1.54) is 6.20 Å². The summed E-state index contributed by atoms with van der Waals surface area (Å²) in [7, 11) is -4.10. The number of nitrogens with one attached hydrogen (secondary N) is 1. The summed E-state index contributed by atoms with van der Waals surface area (Å²) in [5.74, 6) is -0.243. The van der Waals surface area contributed by atoms with Crippen molar-refractivity contribution >= 4 is 19.5 Å². The number of carbonyl (C=O) groups is 1. The lowest BCUT2D eigenvalue weighted by molar-refractivity contribution is 0.0996. The molecule has 1 aromatic rings. The van der Waals surface area contributed by atoms with Gasteiger partial charge in [-0.05, 0) is 6.42 Å². The molecule has 0 saturated heterocycles. The molecule has 9 heteroatoms. The molecule has 1 aliphatic rings. The number of fused-ring (bicyclic) bond motifs is 1. The number of hydrogen-bond donors (Lipinski definition) is 4. The van der Waals surface area contributed by atoms with Crippen molar-refractivity contribution < 1.29 is 19.1 Å². The van der Waals surface area contributed by atoms with Gasteiger partial charge in [0.25, 0.3) is 5.91 Å². The number of rotatable bonds is 3. The fraction of sp³-hybridized carbons (Fsp3) is 0.500. The van der Waals surface area contributed by atoms with E-state index in [2.05, 4.69) is 10.3 Å². The highest BCUT2D eigenvalue weighted by molar-refractivity contribution is 7.51.